The summed E-state index contributed by atoms with van der Waals surface area (Å²) < 4.78 is 61.6. The molecule has 10 heteroatoms. The standard InChI is InChI=1S/C33H35F3N2O5/c1-32(2,3)43-31(39)38-18-16-37(17-19-38)15-4-20-40-26-9-5-23(6-10-26)30-22-24-21-28(13-14-29(24)42-30)41-27-11-7-25(8-12-27)33(34,35)36/h5-14,21-22H,4,15-20H2,1-3H3. The molecule has 0 bridgehead atoms. The topological polar surface area (TPSA) is 64.4 Å². The molecule has 0 N–H and O–H groups in total. The minimum Gasteiger partial charge on any atom is -0.494 e. The van der Waals surface area contributed by atoms with Gasteiger partial charge in [0.05, 0.1) is 12.2 Å². The van der Waals surface area contributed by atoms with Gasteiger partial charge in [-0.25, -0.2) is 4.79 Å². The van der Waals surface area contributed by atoms with E-state index in [1.807, 2.05) is 51.1 Å². The van der Waals surface area contributed by atoms with E-state index in [4.69, 9.17) is 18.6 Å². The average Bonchev–Trinajstić information content (AvgIpc) is 3.38. The highest BCUT2D eigenvalue weighted by Crippen LogP contribution is 2.34. The zero-order valence-electron chi connectivity index (χ0n) is 24.4. The highest BCUT2D eigenvalue weighted by molar-refractivity contribution is 5.84. The number of fused-ring (bicyclic) bond motifs is 1. The molecule has 3 aromatic carbocycles. The fourth-order valence-corrected chi connectivity index (χ4v) is 4.75. The predicted octanol–water partition coefficient (Wildman–Crippen LogP) is 8.23. The highest BCUT2D eigenvalue weighted by atomic mass is 19.4. The second-order valence-corrected chi connectivity index (χ2v) is 11.5. The van der Waals surface area contributed by atoms with Gasteiger partial charge in [0.2, 0.25) is 0 Å². The van der Waals surface area contributed by atoms with Crippen molar-refractivity contribution in [3.05, 3.63) is 78.4 Å². The Morgan fingerprint density at radius 3 is 2.14 bits per heavy atom. The van der Waals surface area contributed by atoms with Crippen LogP contribution in [0.3, 0.4) is 0 Å². The molecule has 1 amide bonds. The van der Waals surface area contributed by atoms with Crippen molar-refractivity contribution in [3.63, 3.8) is 0 Å². The fourth-order valence-electron chi connectivity index (χ4n) is 4.75. The molecule has 0 spiro atoms. The van der Waals surface area contributed by atoms with Crippen LogP contribution in [0.4, 0.5) is 18.0 Å². The van der Waals surface area contributed by atoms with Crippen molar-refractivity contribution in [1.29, 1.82) is 0 Å². The Kier molecular flexibility index (Phi) is 8.87. The van der Waals surface area contributed by atoms with Crippen LogP contribution in [-0.2, 0) is 10.9 Å². The lowest BCUT2D eigenvalue weighted by atomic mass is 10.1. The SMILES string of the molecule is CC(C)(C)OC(=O)N1CCN(CCCOc2ccc(-c3cc4cc(Oc5ccc(C(F)(F)F)cc5)ccc4o3)cc2)CC1. The summed E-state index contributed by atoms with van der Waals surface area (Å²) >= 11 is 0. The lowest BCUT2D eigenvalue weighted by Crippen LogP contribution is -2.50. The number of ether oxygens (including phenoxy) is 3. The van der Waals surface area contributed by atoms with E-state index in [0.29, 0.717) is 42.5 Å². The van der Waals surface area contributed by atoms with Crippen molar-refractivity contribution in [2.24, 2.45) is 0 Å². The number of carbonyl (C=O) groups is 1. The molecule has 1 aliphatic rings. The van der Waals surface area contributed by atoms with Gasteiger partial charge in [-0.05, 0) is 100.0 Å². The second-order valence-electron chi connectivity index (χ2n) is 11.5. The molecule has 1 aliphatic heterocycles. The maximum atomic E-state index is 12.8. The molecule has 5 rings (SSSR count). The van der Waals surface area contributed by atoms with E-state index in [2.05, 4.69) is 4.90 Å². The van der Waals surface area contributed by atoms with E-state index < -0.39 is 17.3 Å². The number of halogens is 3. The van der Waals surface area contributed by atoms with Gasteiger partial charge in [0.1, 0.15) is 34.2 Å². The minimum atomic E-state index is -4.39. The second kappa shape index (κ2) is 12.6. The number of piperazine rings is 1. The Hall–Kier alpha value is -4.18. The van der Waals surface area contributed by atoms with Gasteiger partial charge in [-0.15, -0.1) is 0 Å². The van der Waals surface area contributed by atoms with Crippen molar-refractivity contribution in [2.45, 2.75) is 39.0 Å². The van der Waals surface area contributed by atoms with Crippen molar-refractivity contribution in [1.82, 2.24) is 9.80 Å². The molecule has 0 radical (unpaired) electrons. The first-order chi connectivity index (χ1) is 20.4. The first-order valence-electron chi connectivity index (χ1n) is 14.3. The molecule has 2 heterocycles. The van der Waals surface area contributed by atoms with Crippen LogP contribution in [0, 0.1) is 0 Å². The van der Waals surface area contributed by atoms with E-state index in [0.717, 1.165) is 54.9 Å². The van der Waals surface area contributed by atoms with Crippen molar-refractivity contribution in [3.8, 4) is 28.6 Å². The quantitative estimate of drug-likeness (QED) is 0.191. The van der Waals surface area contributed by atoms with Crippen LogP contribution in [0.5, 0.6) is 17.2 Å². The predicted molar refractivity (Wildman–Crippen MR) is 158 cm³/mol. The first-order valence-corrected chi connectivity index (χ1v) is 14.3. The molecule has 43 heavy (non-hydrogen) atoms. The molecule has 1 fully saturated rings. The number of benzene rings is 3. The van der Waals surface area contributed by atoms with E-state index in [1.165, 1.54) is 12.1 Å². The largest absolute Gasteiger partial charge is 0.494 e. The average molecular weight is 597 g/mol. The Labute approximate surface area is 248 Å². The summed E-state index contributed by atoms with van der Waals surface area (Å²) in [5, 5.41) is 0.812. The smallest absolute Gasteiger partial charge is 0.416 e. The summed E-state index contributed by atoms with van der Waals surface area (Å²) in [6.45, 7) is 10.0. The van der Waals surface area contributed by atoms with Crippen LogP contribution < -0.4 is 9.47 Å². The number of furan rings is 1. The van der Waals surface area contributed by atoms with E-state index in [1.54, 1.807) is 23.1 Å². The van der Waals surface area contributed by atoms with Gasteiger partial charge in [-0.2, -0.15) is 13.2 Å². The summed E-state index contributed by atoms with van der Waals surface area (Å²) in [5.41, 5.74) is 0.343. The molecule has 0 saturated carbocycles. The van der Waals surface area contributed by atoms with E-state index >= 15 is 0 Å². The Morgan fingerprint density at radius 1 is 0.837 bits per heavy atom. The van der Waals surface area contributed by atoms with Gasteiger partial charge in [0.25, 0.3) is 0 Å². The van der Waals surface area contributed by atoms with Gasteiger partial charge < -0.3 is 23.5 Å². The van der Waals surface area contributed by atoms with Gasteiger partial charge in [-0.3, -0.25) is 4.90 Å². The molecule has 1 saturated heterocycles. The van der Waals surface area contributed by atoms with Gasteiger partial charge in [0, 0.05) is 43.7 Å². The summed E-state index contributed by atoms with van der Waals surface area (Å²) in [6, 6.07) is 19.4. The molecule has 7 nitrogen and oxygen atoms in total. The molecule has 0 unspecified atom stereocenters. The van der Waals surface area contributed by atoms with Gasteiger partial charge in [0.15, 0.2) is 0 Å². The van der Waals surface area contributed by atoms with Crippen LogP contribution in [0.2, 0.25) is 0 Å². The summed E-state index contributed by atoms with van der Waals surface area (Å²) in [7, 11) is 0. The Bertz CT molecular complexity index is 1520. The van der Waals surface area contributed by atoms with Crippen LogP contribution in [0.25, 0.3) is 22.3 Å². The third kappa shape index (κ3) is 8.22. The third-order valence-corrected chi connectivity index (χ3v) is 6.96. The number of hydrogen-bond acceptors (Lipinski definition) is 6. The minimum absolute atomic E-state index is 0.253. The number of amides is 1. The zero-order valence-corrected chi connectivity index (χ0v) is 24.4. The lowest BCUT2D eigenvalue weighted by Gasteiger charge is -2.35. The van der Waals surface area contributed by atoms with Crippen LogP contribution in [-0.4, -0.2) is 60.8 Å². The molecular formula is C33H35F3N2O5. The summed E-state index contributed by atoms with van der Waals surface area (Å²) in [5.74, 6) is 2.25. The van der Waals surface area contributed by atoms with Gasteiger partial charge in [-0.1, -0.05) is 0 Å². The molecule has 0 atom stereocenters. The van der Waals surface area contributed by atoms with Crippen molar-refractivity contribution < 1.29 is 36.6 Å². The maximum absolute atomic E-state index is 12.8. The molecule has 1 aromatic heterocycles. The lowest BCUT2D eigenvalue weighted by molar-refractivity contribution is -0.137. The molecule has 0 aliphatic carbocycles. The summed E-state index contributed by atoms with van der Waals surface area (Å²) in [4.78, 5) is 16.3. The third-order valence-electron chi connectivity index (χ3n) is 6.96. The first kappa shape index (κ1) is 30.3. The van der Waals surface area contributed by atoms with Crippen molar-refractivity contribution >= 4 is 17.1 Å². The van der Waals surface area contributed by atoms with Crippen molar-refractivity contribution in [2.75, 3.05) is 39.3 Å². The maximum Gasteiger partial charge on any atom is 0.416 e. The number of rotatable bonds is 8. The Balaban J connectivity index is 1.08. The molecule has 4 aromatic rings. The number of carbonyl (C=O) groups excluding carboxylic acids is 1. The highest BCUT2D eigenvalue weighted by Gasteiger charge is 2.30. The monoisotopic (exact) mass is 596 g/mol. The summed E-state index contributed by atoms with van der Waals surface area (Å²) in [6.07, 6.45) is -3.77. The molecular weight excluding hydrogens is 561 g/mol. The van der Waals surface area contributed by atoms with E-state index in [9.17, 15) is 18.0 Å². The molecule has 228 valence electrons. The van der Waals surface area contributed by atoms with Gasteiger partial charge >= 0.3 is 12.3 Å². The van der Waals surface area contributed by atoms with Crippen LogP contribution in [0.15, 0.2) is 77.2 Å². The zero-order chi connectivity index (χ0) is 30.6. The fraction of sp³-hybridized carbons (Fsp3) is 0.364. The van der Waals surface area contributed by atoms with Crippen LogP contribution >= 0.6 is 0 Å². The number of hydrogen-bond donors (Lipinski definition) is 0. The van der Waals surface area contributed by atoms with Crippen LogP contribution in [0.1, 0.15) is 32.8 Å². The number of alkyl halides is 3. The number of nitrogens with zero attached hydrogens (tertiary/aromatic N) is 2. The Morgan fingerprint density at radius 2 is 1.49 bits per heavy atom. The normalized spacial score (nSPS) is 14.6. The van der Waals surface area contributed by atoms with E-state index in [-0.39, 0.29) is 6.09 Å².